The van der Waals surface area contributed by atoms with Crippen molar-refractivity contribution in [2.45, 2.75) is 63.6 Å². The molecule has 0 radical (unpaired) electrons. The Morgan fingerprint density at radius 2 is 1.29 bits per heavy atom. The Morgan fingerprint density at radius 3 is 1.85 bits per heavy atom. The molecule has 3 heterocycles. The number of likely N-dealkylation sites (tertiary alicyclic amines) is 3. The van der Waals surface area contributed by atoms with Crippen LogP contribution in [0.5, 0.6) is 0 Å². The van der Waals surface area contributed by atoms with Gasteiger partial charge in [0.05, 0.1) is 12.1 Å². The van der Waals surface area contributed by atoms with Gasteiger partial charge >= 0.3 is 0 Å². The van der Waals surface area contributed by atoms with Gasteiger partial charge in [0.15, 0.2) is 11.6 Å². The van der Waals surface area contributed by atoms with Crippen LogP contribution in [-0.4, -0.2) is 93.5 Å². The van der Waals surface area contributed by atoms with Crippen LogP contribution in [0.15, 0.2) is 24.3 Å². The molecular weight excluding hydrogens is 438 g/mol. The summed E-state index contributed by atoms with van der Waals surface area (Å²) in [5, 5.41) is 9.24. The first-order valence-corrected chi connectivity index (χ1v) is 12.0. The highest BCUT2D eigenvalue weighted by molar-refractivity contribution is 6.03. The van der Waals surface area contributed by atoms with Gasteiger partial charge in [-0.15, -0.1) is 0 Å². The Bertz CT molecular complexity index is 1010. The van der Waals surface area contributed by atoms with Crippen molar-refractivity contribution in [1.82, 2.24) is 14.7 Å². The topological polar surface area (TPSA) is 115 Å². The summed E-state index contributed by atoms with van der Waals surface area (Å²) in [6, 6.07) is 4.71. The zero-order valence-electron chi connectivity index (χ0n) is 19.4. The molecule has 3 atom stereocenters. The molecule has 3 amide bonds. The third-order valence-corrected chi connectivity index (χ3v) is 7.20. The number of ketones is 2. The van der Waals surface area contributed by atoms with Crippen LogP contribution in [0.4, 0.5) is 0 Å². The Kier molecular flexibility index (Phi) is 7.11. The third kappa shape index (κ3) is 4.49. The number of benzene rings is 1. The van der Waals surface area contributed by atoms with Gasteiger partial charge in [0.2, 0.25) is 5.91 Å². The number of Topliss-reactive ketones (excluding diaryl/α,β-unsaturated/α-hetero) is 2. The minimum absolute atomic E-state index is 0.0450. The fraction of sp³-hybridized carbons (Fsp3) is 0.560. The van der Waals surface area contributed by atoms with E-state index in [0.29, 0.717) is 62.9 Å². The van der Waals surface area contributed by atoms with Crippen LogP contribution in [0, 0.1) is 0 Å². The van der Waals surface area contributed by atoms with E-state index >= 15 is 0 Å². The van der Waals surface area contributed by atoms with Gasteiger partial charge in [-0.3, -0.25) is 24.0 Å². The van der Waals surface area contributed by atoms with Crippen LogP contribution in [0.25, 0.3) is 0 Å². The molecule has 3 aliphatic heterocycles. The first-order valence-electron chi connectivity index (χ1n) is 12.0. The smallest absolute Gasteiger partial charge is 0.254 e. The fourth-order valence-electron chi connectivity index (χ4n) is 5.48. The first-order chi connectivity index (χ1) is 16.3. The SMILES string of the molecule is CC(=O)[C@H]1CCCN1C(=O)c1cccc(C(=O)N2CCC[C@H]2C(=O)N2CCC[C@@H]2C(=O)CO)c1. The zero-order chi connectivity index (χ0) is 24.4. The van der Waals surface area contributed by atoms with E-state index < -0.39 is 24.7 Å². The van der Waals surface area contributed by atoms with E-state index in [4.69, 9.17) is 0 Å². The molecule has 3 fully saturated rings. The maximum Gasteiger partial charge on any atom is 0.254 e. The van der Waals surface area contributed by atoms with Crippen LogP contribution in [0.1, 0.15) is 66.2 Å². The summed E-state index contributed by atoms with van der Waals surface area (Å²) in [4.78, 5) is 68.3. The number of rotatable bonds is 6. The largest absolute Gasteiger partial charge is 0.389 e. The summed E-state index contributed by atoms with van der Waals surface area (Å²) in [6.45, 7) is 2.24. The lowest BCUT2D eigenvalue weighted by atomic mass is 10.1. The van der Waals surface area contributed by atoms with Gasteiger partial charge in [0, 0.05) is 30.8 Å². The summed E-state index contributed by atoms with van der Waals surface area (Å²) in [5.74, 6) is -1.29. The molecule has 9 nitrogen and oxygen atoms in total. The second kappa shape index (κ2) is 10.0. The molecule has 9 heteroatoms. The first kappa shape index (κ1) is 24.1. The second-order valence-electron chi connectivity index (χ2n) is 9.32. The molecule has 3 saturated heterocycles. The molecule has 0 spiro atoms. The van der Waals surface area contributed by atoms with E-state index in [0.717, 1.165) is 6.42 Å². The molecule has 0 saturated carbocycles. The Balaban J connectivity index is 1.51. The summed E-state index contributed by atoms with van der Waals surface area (Å²) >= 11 is 0. The summed E-state index contributed by atoms with van der Waals surface area (Å²) in [7, 11) is 0. The average molecular weight is 470 g/mol. The molecule has 1 aromatic rings. The molecule has 0 unspecified atom stereocenters. The van der Waals surface area contributed by atoms with Crippen molar-refractivity contribution < 1.29 is 29.1 Å². The van der Waals surface area contributed by atoms with E-state index in [2.05, 4.69) is 0 Å². The number of nitrogens with zero attached hydrogens (tertiary/aromatic N) is 3. The predicted octanol–water partition coefficient (Wildman–Crippen LogP) is 1.04. The highest BCUT2D eigenvalue weighted by Gasteiger charge is 2.42. The lowest BCUT2D eigenvalue weighted by Crippen LogP contribution is -2.51. The van der Waals surface area contributed by atoms with E-state index in [1.165, 1.54) is 22.8 Å². The van der Waals surface area contributed by atoms with Crippen molar-refractivity contribution >= 4 is 29.3 Å². The molecule has 182 valence electrons. The van der Waals surface area contributed by atoms with E-state index in [1.807, 2.05) is 0 Å². The molecule has 4 rings (SSSR count). The standard InChI is InChI=1S/C25H31N3O6/c1-16(30)19-8-3-11-26(19)23(32)17-6-2-7-18(14-17)24(33)28-13-5-10-21(28)25(34)27-12-4-9-20(27)22(31)15-29/h2,6-7,14,19-21,29H,3-5,8-13,15H2,1H3/t19-,20-,21+/m1/s1. The summed E-state index contributed by atoms with van der Waals surface area (Å²) in [5.41, 5.74) is 0.655. The number of aliphatic hydroxyl groups is 1. The van der Waals surface area contributed by atoms with Crippen LogP contribution in [0.3, 0.4) is 0 Å². The summed E-state index contributed by atoms with van der Waals surface area (Å²) < 4.78 is 0. The fourth-order valence-corrected chi connectivity index (χ4v) is 5.48. The lowest BCUT2D eigenvalue weighted by molar-refractivity contribution is -0.141. The molecule has 0 aromatic heterocycles. The normalized spacial score (nSPS) is 24.5. The molecule has 0 bridgehead atoms. The van der Waals surface area contributed by atoms with Crippen molar-refractivity contribution in [2.75, 3.05) is 26.2 Å². The minimum Gasteiger partial charge on any atom is -0.389 e. The van der Waals surface area contributed by atoms with Crippen molar-refractivity contribution in [3.8, 4) is 0 Å². The number of amides is 3. The number of carbonyl (C=O) groups excluding carboxylic acids is 5. The van der Waals surface area contributed by atoms with Gasteiger partial charge < -0.3 is 19.8 Å². The average Bonchev–Trinajstić information content (AvgIpc) is 3.62. The van der Waals surface area contributed by atoms with Crippen molar-refractivity contribution in [2.24, 2.45) is 0 Å². The predicted molar refractivity (Wildman–Crippen MR) is 122 cm³/mol. The van der Waals surface area contributed by atoms with Gasteiger partial charge in [-0.25, -0.2) is 0 Å². The minimum atomic E-state index is -0.667. The van der Waals surface area contributed by atoms with E-state index in [1.54, 1.807) is 23.1 Å². The molecule has 1 N–H and O–H groups in total. The van der Waals surface area contributed by atoms with Gasteiger partial charge in [0.25, 0.3) is 11.8 Å². The zero-order valence-corrected chi connectivity index (χ0v) is 19.4. The van der Waals surface area contributed by atoms with Crippen LogP contribution in [-0.2, 0) is 14.4 Å². The number of aliphatic hydroxyl groups excluding tert-OH is 1. The van der Waals surface area contributed by atoms with Crippen LogP contribution < -0.4 is 0 Å². The van der Waals surface area contributed by atoms with Crippen molar-refractivity contribution in [3.63, 3.8) is 0 Å². The highest BCUT2D eigenvalue weighted by atomic mass is 16.3. The summed E-state index contributed by atoms with van der Waals surface area (Å²) in [6.07, 6.45) is 3.80. The lowest BCUT2D eigenvalue weighted by Gasteiger charge is -2.31. The van der Waals surface area contributed by atoms with Gasteiger partial charge in [-0.1, -0.05) is 6.07 Å². The van der Waals surface area contributed by atoms with E-state index in [9.17, 15) is 29.1 Å². The van der Waals surface area contributed by atoms with Gasteiger partial charge in [-0.05, 0) is 63.6 Å². The molecule has 3 aliphatic rings. The Morgan fingerprint density at radius 1 is 0.794 bits per heavy atom. The van der Waals surface area contributed by atoms with E-state index in [-0.39, 0.29) is 29.3 Å². The van der Waals surface area contributed by atoms with Crippen LogP contribution in [0.2, 0.25) is 0 Å². The number of hydrogen-bond acceptors (Lipinski definition) is 6. The Hall–Kier alpha value is -3.07. The molecule has 34 heavy (non-hydrogen) atoms. The molecule has 0 aliphatic carbocycles. The third-order valence-electron chi connectivity index (χ3n) is 7.20. The maximum atomic E-state index is 13.4. The van der Waals surface area contributed by atoms with Crippen LogP contribution >= 0.6 is 0 Å². The highest BCUT2D eigenvalue weighted by Crippen LogP contribution is 2.27. The van der Waals surface area contributed by atoms with Gasteiger partial charge in [0.1, 0.15) is 12.6 Å². The second-order valence-corrected chi connectivity index (χ2v) is 9.32. The van der Waals surface area contributed by atoms with Crippen molar-refractivity contribution in [1.29, 1.82) is 0 Å². The van der Waals surface area contributed by atoms with Crippen molar-refractivity contribution in [3.05, 3.63) is 35.4 Å². The number of hydrogen-bond donors (Lipinski definition) is 1. The quantitative estimate of drug-likeness (QED) is 0.666. The maximum absolute atomic E-state index is 13.4. The molecular formula is C25H31N3O6. The number of carbonyl (C=O) groups is 5. The monoisotopic (exact) mass is 469 g/mol. The van der Waals surface area contributed by atoms with Gasteiger partial charge in [-0.2, -0.15) is 0 Å². The Labute approximate surface area is 198 Å². The molecule has 1 aromatic carbocycles.